The quantitative estimate of drug-likeness (QED) is 0.896. The van der Waals surface area contributed by atoms with Gasteiger partial charge in [0.2, 0.25) is 5.91 Å². The number of carbonyl (C=O) groups excluding carboxylic acids is 2. The minimum absolute atomic E-state index is 0.170. The molecule has 1 fully saturated rings. The second-order valence-corrected chi connectivity index (χ2v) is 5.15. The standard InChI is InChI=1S/C13H16N2O3S/c1-2-18-10-5-3-9(4-6-10)13(17)15-8-19-7-11(15)12(14)16/h3-6,11H,2,7-8H2,1H3,(H2,14,16)/t11-/m1/s1. The lowest BCUT2D eigenvalue weighted by Gasteiger charge is -2.21. The summed E-state index contributed by atoms with van der Waals surface area (Å²) in [7, 11) is 0. The number of hydrogen-bond donors (Lipinski definition) is 1. The van der Waals surface area contributed by atoms with Crippen LogP contribution in [0.15, 0.2) is 24.3 Å². The fraction of sp³-hybridized carbons (Fsp3) is 0.385. The Morgan fingerprint density at radius 3 is 2.68 bits per heavy atom. The number of hydrogen-bond acceptors (Lipinski definition) is 4. The molecule has 1 aromatic carbocycles. The maximum absolute atomic E-state index is 12.3. The lowest BCUT2D eigenvalue weighted by molar-refractivity contribution is -0.121. The van der Waals surface area contributed by atoms with Crippen LogP contribution in [0.25, 0.3) is 0 Å². The molecule has 2 rings (SSSR count). The Kier molecular flexibility index (Phi) is 4.31. The van der Waals surface area contributed by atoms with Crippen molar-refractivity contribution in [2.24, 2.45) is 5.73 Å². The maximum Gasteiger partial charge on any atom is 0.255 e. The number of carbonyl (C=O) groups is 2. The summed E-state index contributed by atoms with van der Waals surface area (Å²) in [5.41, 5.74) is 5.84. The minimum atomic E-state index is -0.510. The van der Waals surface area contributed by atoms with Gasteiger partial charge in [0.15, 0.2) is 0 Å². The van der Waals surface area contributed by atoms with Gasteiger partial charge in [-0.15, -0.1) is 11.8 Å². The monoisotopic (exact) mass is 280 g/mol. The highest BCUT2D eigenvalue weighted by Gasteiger charge is 2.33. The first-order valence-electron chi connectivity index (χ1n) is 6.04. The Morgan fingerprint density at radius 1 is 1.42 bits per heavy atom. The molecule has 1 heterocycles. The zero-order valence-electron chi connectivity index (χ0n) is 10.7. The molecular formula is C13H16N2O3S. The molecule has 1 saturated heterocycles. The Balaban J connectivity index is 2.12. The van der Waals surface area contributed by atoms with Crippen molar-refractivity contribution in [2.75, 3.05) is 18.2 Å². The van der Waals surface area contributed by atoms with E-state index in [-0.39, 0.29) is 5.91 Å². The van der Waals surface area contributed by atoms with E-state index in [1.54, 1.807) is 24.3 Å². The third-order valence-electron chi connectivity index (χ3n) is 2.88. The molecule has 1 aliphatic heterocycles. The van der Waals surface area contributed by atoms with Crippen LogP contribution in [0, 0.1) is 0 Å². The third kappa shape index (κ3) is 3.01. The van der Waals surface area contributed by atoms with Crippen LogP contribution in [0.4, 0.5) is 0 Å². The van der Waals surface area contributed by atoms with Gasteiger partial charge in [0.1, 0.15) is 11.8 Å². The van der Waals surface area contributed by atoms with Gasteiger partial charge in [-0.1, -0.05) is 0 Å². The minimum Gasteiger partial charge on any atom is -0.494 e. The van der Waals surface area contributed by atoms with Gasteiger partial charge in [0.05, 0.1) is 12.5 Å². The van der Waals surface area contributed by atoms with Crippen molar-refractivity contribution in [3.8, 4) is 5.75 Å². The molecule has 0 spiro atoms. The largest absolute Gasteiger partial charge is 0.494 e. The Hall–Kier alpha value is -1.69. The van der Waals surface area contributed by atoms with E-state index in [2.05, 4.69) is 0 Å². The molecule has 6 heteroatoms. The number of primary amides is 1. The van der Waals surface area contributed by atoms with Gasteiger partial charge in [0.25, 0.3) is 5.91 Å². The molecule has 0 bridgehead atoms. The summed E-state index contributed by atoms with van der Waals surface area (Å²) in [6.07, 6.45) is 0. The molecule has 1 aliphatic rings. The van der Waals surface area contributed by atoms with Crippen LogP contribution in [-0.2, 0) is 4.79 Å². The van der Waals surface area contributed by atoms with Crippen molar-refractivity contribution in [1.82, 2.24) is 4.90 Å². The van der Waals surface area contributed by atoms with Gasteiger partial charge in [0, 0.05) is 11.3 Å². The fourth-order valence-electron chi connectivity index (χ4n) is 1.90. The highest BCUT2D eigenvalue weighted by atomic mass is 32.2. The van der Waals surface area contributed by atoms with Crippen LogP contribution in [0.2, 0.25) is 0 Å². The maximum atomic E-state index is 12.3. The molecular weight excluding hydrogens is 264 g/mol. The molecule has 5 nitrogen and oxygen atoms in total. The van der Waals surface area contributed by atoms with E-state index in [1.807, 2.05) is 6.92 Å². The van der Waals surface area contributed by atoms with E-state index >= 15 is 0 Å². The van der Waals surface area contributed by atoms with Crippen LogP contribution < -0.4 is 10.5 Å². The van der Waals surface area contributed by atoms with E-state index in [9.17, 15) is 9.59 Å². The first-order chi connectivity index (χ1) is 9.13. The third-order valence-corrected chi connectivity index (χ3v) is 3.90. The number of nitrogens with two attached hydrogens (primary N) is 1. The molecule has 0 saturated carbocycles. The van der Waals surface area contributed by atoms with Crippen molar-refractivity contribution in [3.05, 3.63) is 29.8 Å². The normalized spacial score (nSPS) is 18.4. The predicted molar refractivity (Wildman–Crippen MR) is 74.1 cm³/mol. The fourth-order valence-corrected chi connectivity index (χ4v) is 3.07. The van der Waals surface area contributed by atoms with E-state index in [0.717, 1.165) is 5.75 Å². The SMILES string of the molecule is CCOc1ccc(C(=O)N2CSC[C@@H]2C(N)=O)cc1. The summed E-state index contributed by atoms with van der Waals surface area (Å²) in [5.74, 6) is 1.17. The topological polar surface area (TPSA) is 72.6 Å². The summed E-state index contributed by atoms with van der Waals surface area (Å²) in [5, 5.41) is 0. The molecule has 102 valence electrons. The lowest BCUT2D eigenvalue weighted by atomic mass is 10.1. The number of amides is 2. The summed E-state index contributed by atoms with van der Waals surface area (Å²) >= 11 is 1.53. The van der Waals surface area contributed by atoms with Crippen molar-refractivity contribution in [2.45, 2.75) is 13.0 Å². The molecule has 0 aromatic heterocycles. The van der Waals surface area contributed by atoms with E-state index in [1.165, 1.54) is 16.7 Å². The molecule has 0 aliphatic carbocycles. The predicted octanol–water partition coefficient (Wildman–Crippen LogP) is 1.09. The van der Waals surface area contributed by atoms with Crippen LogP contribution in [0.5, 0.6) is 5.75 Å². The van der Waals surface area contributed by atoms with Gasteiger partial charge in [-0.25, -0.2) is 0 Å². The van der Waals surface area contributed by atoms with Crippen LogP contribution in [0.1, 0.15) is 17.3 Å². The number of thioether (sulfide) groups is 1. The zero-order chi connectivity index (χ0) is 13.8. The Labute approximate surface area is 116 Å². The van der Waals surface area contributed by atoms with Gasteiger partial charge >= 0.3 is 0 Å². The van der Waals surface area contributed by atoms with Crippen molar-refractivity contribution >= 4 is 23.6 Å². The number of ether oxygens (including phenoxy) is 1. The van der Waals surface area contributed by atoms with Crippen LogP contribution >= 0.6 is 11.8 Å². The van der Waals surface area contributed by atoms with Crippen molar-refractivity contribution in [1.29, 1.82) is 0 Å². The molecule has 1 aromatic rings. The van der Waals surface area contributed by atoms with Gasteiger partial charge < -0.3 is 15.4 Å². The Morgan fingerprint density at radius 2 is 2.11 bits per heavy atom. The second kappa shape index (κ2) is 5.97. The average molecular weight is 280 g/mol. The summed E-state index contributed by atoms with van der Waals surface area (Å²) in [6, 6.07) is 6.39. The number of nitrogens with zero attached hydrogens (tertiary/aromatic N) is 1. The molecule has 19 heavy (non-hydrogen) atoms. The number of benzene rings is 1. The lowest BCUT2D eigenvalue weighted by Crippen LogP contribution is -2.45. The zero-order valence-corrected chi connectivity index (χ0v) is 11.5. The smallest absolute Gasteiger partial charge is 0.255 e. The van der Waals surface area contributed by atoms with E-state index in [4.69, 9.17) is 10.5 Å². The highest BCUT2D eigenvalue weighted by molar-refractivity contribution is 7.99. The van der Waals surface area contributed by atoms with Gasteiger partial charge in [-0.2, -0.15) is 0 Å². The first kappa shape index (κ1) is 13.7. The van der Waals surface area contributed by atoms with Crippen LogP contribution in [0.3, 0.4) is 0 Å². The molecule has 0 radical (unpaired) electrons. The van der Waals surface area contributed by atoms with Crippen molar-refractivity contribution < 1.29 is 14.3 Å². The molecule has 1 atom stereocenters. The van der Waals surface area contributed by atoms with Crippen molar-refractivity contribution in [3.63, 3.8) is 0 Å². The highest BCUT2D eigenvalue weighted by Crippen LogP contribution is 2.23. The van der Waals surface area contributed by atoms with Gasteiger partial charge in [-0.3, -0.25) is 9.59 Å². The molecule has 2 amide bonds. The first-order valence-corrected chi connectivity index (χ1v) is 7.20. The Bertz CT molecular complexity index is 475. The summed E-state index contributed by atoms with van der Waals surface area (Å²) in [6.45, 7) is 2.48. The second-order valence-electron chi connectivity index (χ2n) is 4.15. The average Bonchev–Trinajstić information content (AvgIpc) is 2.88. The van der Waals surface area contributed by atoms with E-state index < -0.39 is 11.9 Å². The molecule has 0 unspecified atom stereocenters. The van der Waals surface area contributed by atoms with Crippen LogP contribution in [-0.4, -0.2) is 41.0 Å². The number of rotatable bonds is 4. The summed E-state index contributed by atoms with van der Waals surface area (Å²) in [4.78, 5) is 25.1. The van der Waals surface area contributed by atoms with E-state index in [0.29, 0.717) is 23.8 Å². The van der Waals surface area contributed by atoms with Gasteiger partial charge in [-0.05, 0) is 31.2 Å². The molecule has 2 N–H and O–H groups in total. The summed E-state index contributed by atoms with van der Waals surface area (Å²) < 4.78 is 5.32.